The maximum atomic E-state index is 6.06. The fourth-order valence-corrected chi connectivity index (χ4v) is 1.81. The molecule has 0 aliphatic heterocycles. The molecule has 1 heterocycles. The largest absolute Gasteiger partial charge is 0.361 e. The molecule has 12 heavy (non-hydrogen) atoms. The predicted octanol–water partition coefficient (Wildman–Crippen LogP) is 3.44. The lowest BCUT2D eigenvalue weighted by molar-refractivity contribution is 1.40. The van der Waals surface area contributed by atoms with E-state index < -0.39 is 0 Å². The first-order valence-corrected chi connectivity index (χ1v) is 4.30. The Kier molecular flexibility index (Phi) is 1.62. The van der Waals surface area contributed by atoms with Crippen LogP contribution in [0.5, 0.6) is 0 Å². The Labute approximate surface area is 76.4 Å². The van der Waals surface area contributed by atoms with E-state index in [1.807, 2.05) is 18.3 Å². The van der Waals surface area contributed by atoms with E-state index in [9.17, 15) is 0 Å². The van der Waals surface area contributed by atoms with Crippen molar-refractivity contribution in [2.75, 3.05) is 0 Å². The number of benzene rings is 1. The molecule has 1 N–H and O–H groups in total. The van der Waals surface area contributed by atoms with E-state index in [4.69, 9.17) is 11.6 Å². The molecule has 0 bridgehead atoms. The van der Waals surface area contributed by atoms with Crippen LogP contribution < -0.4 is 0 Å². The lowest BCUT2D eigenvalue weighted by Gasteiger charge is -1.98. The van der Waals surface area contributed by atoms with Crippen LogP contribution in [0.4, 0.5) is 0 Å². The second-order valence-electron chi connectivity index (χ2n) is 3.09. The van der Waals surface area contributed by atoms with Gasteiger partial charge in [-0.05, 0) is 31.0 Å². The van der Waals surface area contributed by atoms with Crippen LogP contribution in [0.1, 0.15) is 11.1 Å². The Morgan fingerprint density at radius 2 is 1.92 bits per heavy atom. The molecule has 2 aromatic rings. The molecule has 1 nitrogen and oxygen atoms in total. The summed E-state index contributed by atoms with van der Waals surface area (Å²) in [6, 6.07) is 3.97. The number of halogens is 1. The third kappa shape index (κ3) is 0.935. The van der Waals surface area contributed by atoms with Crippen molar-refractivity contribution in [3.05, 3.63) is 34.5 Å². The molecule has 0 amide bonds. The van der Waals surface area contributed by atoms with Gasteiger partial charge in [-0.3, -0.25) is 0 Å². The van der Waals surface area contributed by atoms with Gasteiger partial charge in [-0.2, -0.15) is 0 Å². The molecule has 0 saturated heterocycles. The highest BCUT2D eigenvalue weighted by Gasteiger charge is 2.05. The molecule has 0 saturated carbocycles. The van der Waals surface area contributed by atoms with E-state index in [-0.39, 0.29) is 0 Å². The average Bonchev–Trinajstić information content (AvgIpc) is 2.42. The molecule has 2 rings (SSSR count). The minimum atomic E-state index is 0.828. The summed E-state index contributed by atoms with van der Waals surface area (Å²) >= 11 is 6.06. The first kappa shape index (κ1) is 7.69. The predicted molar refractivity (Wildman–Crippen MR) is 52.8 cm³/mol. The molecule has 0 aliphatic carbocycles. The molecule has 0 aliphatic rings. The summed E-state index contributed by atoms with van der Waals surface area (Å²) in [6.07, 6.45) is 1.99. The summed E-state index contributed by atoms with van der Waals surface area (Å²) in [6.45, 7) is 4.14. The Bertz CT molecular complexity index is 429. The van der Waals surface area contributed by atoms with E-state index in [0.717, 1.165) is 15.9 Å². The molecule has 1 aromatic carbocycles. The number of hydrogen-bond donors (Lipinski definition) is 1. The minimum absolute atomic E-state index is 0.828. The van der Waals surface area contributed by atoms with Crippen LogP contribution in [-0.2, 0) is 0 Å². The normalized spacial score (nSPS) is 10.9. The molecule has 2 heteroatoms. The third-order valence-electron chi connectivity index (χ3n) is 2.19. The van der Waals surface area contributed by atoms with E-state index in [0.29, 0.717) is 0 Å². The summed E-state index contributed by atoms with van der Waals surface area (Å²) in [4.78, 5) is 3.21. The van der Waals surface area contributed by atoms with Gasteiger partial charge in [0.1, 0.15) is 0 Å². The number of H-pyrrole nitrogens is 1. The van der Waals surface area contributed by atoms with Crippen molar-refractivity contribution in [3.63, 3.8) is 0 Å². The topological polar surface area (TPSA) is 15.8 Å². The van der Waals surface area contributed by atoms with Crippen molar-refractivity contribution >= 4 is 22.5 Å². The zero-order chi connectivity index (χ0) is 8.72. The SMILES string of the molecule is Cc1ccc(Cl)c2c(C)c[nH]c12. The van der Waals surface area contributed by atoms with E-state index >= 15 is 0 Å². The fourth-order valence-electron chi connectivity index (χ4n) is 1.51. The van der Waals surface area contributed by atoms with Gasteiger partial charge in [0.25, 0.3) is 0 Å². The molecule has 1 aromatic heterocycles. The number of nitrogens with one attached hydrogen (secondary N) is 1. The zero-order valence-corrected chi connectivity index (χ0v) is 7.87. The van der Waals surface area contributed by atoms with E-state index in [2.05, 4.69) is 18.8 Å². The molecule has 0 atom stereocenters. The Morgan fingerprint density at radius 1 is 1.17 bits per heavy atom. The van der Waals surface area contributed by atoms with Crippen LogP contribution >= 0.6 is 11.6 Å². The summed E-state index contributed by atoms with van der Waals surface area (Å²) in [5.41, 5.74) is 3.60. The lowest BCUT2D eigenvalue weighted by Crippen LogP contribution is -1.76. The van der Waals surface area contributed by atoms with Gasteiger partial charge < -0.3 is 4.98 Å². The van der Waals surface area contributed by atoms with Gasteiger partial charge in [0.2, 0.25) is 0 Å². The number of aromatic amines is 1. The van der Waals surface area contributed by atoms with Crippen LogP contribution in [0.25, 0.3) is 10.9 Å². The number of hydrogen-bond acceptors (Lipinski definition) is 0. The first-order valence-electron chi connectivity index (χ1n) is 3.93. The molecule has 0 unspecified atom stereocenters. The Morgan fingerprint density at radius 3 is 2.58 bits per heavy atom. The van der Waals surface area contributed by atoms with Crippen LogP contribution in [0.15, 0.2) is 18.3 Å². The number of fused-ring (bicyclic) bond motifs is 1. The summed E-state index contributed by atoms with van der Waals surface area (Å²) < 4.78 is 0. The number of aryl methyl sites for hydroxylation is 2. The Hall–Kier alpha value is -0.950. The van der Waals surface area contributed by atoms with Crippen molar-refractivity contribution in [1.29, 1.82) is 0 Å². The second kappa shape index (κ2) is 2.53. The van der Waals surface area contributed by atoms with Crippen molar-refractivity contribution in [2.45, 2.75) is 13.8 Å². The first-order chi connectivity index (χ1) is 5.70. The zero-order valence-electron chi connectivity index (χ0n) is 7.11. The minimum Gasteiger partial charge on any atom is -0.361 e. The van der Waals surface area contributed by atoms with Gasteiger partial charge >= 0.3 is 0 Å². The van der Waals surface area contributed by atoms with Gasteiger partial charge in [-0.15, -0.1) is 0 Å². The number of rotatable bonds is 0. The summed E-state index contributed by atoms with van der Waals surface area (Å²) in [7, 11) is 0. The van der Waals surface area contributed by atoms with Crippen LogP contribution in [0.3, 0.4) is 0 Å². The molecule has 0 radical (unpaired) electrons. The van der Waals surface area contributed by atoms with Crippen LogP contribution in [0, 0.1) is 13.8 Å². The Balaban J connectivity index is 2.98. The maximum absolute atomic E-state index is 6.06. The quantitative estimate of drug-likeness (QED) is 0.638. The van der Waals surface area contributed by atoms with Gasteiger partial charge in [-0.25, -0.2) is 0 Å². The van der Waals surface area contributed by atoms with Crippen LogP contribution in [-0.4, -0.2) is 4.98 Å². The highest BCUT2D eigenvalue weighted by Crippen LogP contribution is 2.28. The standard InChI is InChI=1S/C10H10ClN/c1-6-3-4-8(11)9-7(2)5-12-10(6)9/h3-5,12H,1-2H3. The molecular weight excluding hydrogens is 170 g/mol. The molecule has 0 fully saturated rings. The fraction of sp³-hybridized carbons (Fsp3) is 0.200. The summed E-state index contributed by atoms with van der Waals surface area (Å²) in [5.74, 6) is 0. The van der Waals surface area contributed by atoms with E-state index in [1.165, 1.54) is 11.1 Å². The molecule has 62 valence electrons. The molecular formula is C10H10ClN. The monoisotopic (exact) mass is 179 g/mol. The van der Waals surface area contributed by atoms with Crippen molar-refractivity contribution in [2.24, 2.45) is 0 Å². The van der Waals surface area contributed by atoms with E-state index in [1.54, 1.807) is 0 Å². The molecule has 0 spiro atoms. The highest BCUT2D eigenvalue weighted by atomic mass is 35.5. The second-order valence-corrected chi connectivity index (χ2v) is 3.49. The van der Waals surface area contributed by atoms with Gasteiger partial charge in [0.15, 0.2) is 0 Å². The van der Waals surface area contributed by atoms with Gasteiger partial charge in [0, 0.05) is 11.6 Å². The van der Waals surface area contributed by atoms with Gasteiger partial charge in [-0.1, -0.05) is 17.7 Å². The van der Waals surface area contributed by atoms with Crippen LogP contribution in [0.2, 0.25) is 5.02 Å². The summed E-state index contributed by atoms with van der Waals surface area (Å²) in [5, 5.41) is 1.98. The number of aromatic nitrogens is 1. The third-order valence-corrected chi connectivity index (χ3v) is 2.51. The van der Waals surface area contributed by atoms with Crippen molar-refractivity contribution < 1.29 is 0 Å². The average molecular weight is 180 g/mol. The highest BCUT2D eigenvalue weighted by molar-refractivity contribution is 6.35. The van der Waals surface area contributed by atoms with Crippen molar-refractivity contribution in [1.82, 2.24) is 4.98 Å². The van der Waals surface area contributed by atoms with Crippen molar-refractivity contribution in [3.8, 4) is 0 Å². The van der Waals surface area contributed by atoms with Gasteiger partial charge in [0.05, 0.1) is 10.5 Å². The lowest BCUT2D eigenvalue weighted by atomic mass is 10.1. The maximum Gasteiger partial charge on any atom is 0.0502 e. The smallest absolute Gasteiger partial charge is 0.0502 e.